The van der Waals surface area contributed by atoms with Crippen molar-refractivity contribution in [2.75, 3.05) is 26.3 Å². The van der Waals surface area contributed by atoms with Crippen molar-refractivity contribution in [1.29, 1.82) is 0 Å². The lowest BCUT2D eigenvalue weighted by Gasteiger charge is -2.28. The fraction of sp³-hybridized carbons (Fsp3) is 0.833. The molecule has 0 aromatic carbocycles. The van der Waals surface area contributed by atoms with Gasteiger partial charge in [0.05, 0.1) is 13.2 Å². The largest absolute Gasteiger partial charge is 0.451 e. The van der Waals surface area contributed by atoms with Gasteiger partial charge in [0.25, 0.3) is 0 Å². The monoisotopic (exact) mass is 247 g/mol. The molecule has 0 aromatic rings. The Labute approximate surface area is 84.0 Å². The maximum absolute atomic E-state index is 12.7. The molecule has 0 saturated carbocycles. The van der Waals surface area contributed by atoms with Gasteiger partial charge in [0.1, 0.15) is 0 Å². The Morgan fingerprint density at radius 2 is 1.73 bits per heavy atom. The van der Waals surface area contributed by atoms with Crippen LogP contribution in [-0.2, 0) is 19.8 Å². The second-order valence-corrected chi connectivity index (χ2v) is 4.25. The summed E-state index contributed by atoms with van der Waals surface area (Å²) >= 11 is 0. The van der Waals surface area contributed by atoms with E-state index >= 15 is 0 Å². The molecule has 0 N–H and O–H groups in total. The third kappa shape index (κ3) is 2.40. The van der Waals surface area contributed by atoms with Crippen LogP contribution < -0.4 is 0 Å². The molecule has 88 valence electrons. The van der Waals surface area contributed by atoms with Crippen LogP contribution in [0.1, 0.15) is 0 Å². The topological polar surface area (TPSA) is 63.7 Å². The van der Waals surface area contributed by atoms with Crippen LogP contribution in [0, 0.1) is 0 Å². The molecule has 1 heterocycles. The SMILES string of the molecule is O=C(N1CCOCC1)C(F)(F)S(=O)(=O)F. The van der Waals surface area contributed by atoms with E-state index in [2.05, 4.69) is 0 Å². The molecule has 0 atom stereocenters. The molecule has 0 bridgehead atoms. The predicted molar refractivity (Wildman–Crippen MR) is 42.4 cm³/mol. The van der Waals surface area contributed by atoms with Crippen molar-refractivity contribution < 1.29 is 30.6 Å². The van der Waals surface area contributed by atoms with Crippen molar-refractivity contribution in [2.24, 2.45) is 0 Å². The Morgan fingerprint density at radius 3 is 2.13 bits per heavy atom. The van der Waals surface area contributed by atoms with Gasteiger partial charge in [-0.15, -0.1) is 0 Å². The summed E-state index contributed by atoms with van der Waals surface area (Å²) in [6, 6.07) is 0. The number of rotatable bonds is 2. The van der Waals surface area contributed by atoms with Gasteiger partial charge in [-0.1, -0.05) is 3.89 Å². The van der Waals surface area contributed by atoms with Crippen LogP contribution in [0.3, 0.4) is 0 Å². The van der Waals surface area contributed by atoms with Crippen molar-refractivity contribution in [3.05, 3.63) is 0 Å². The van der Waals surface area contributed by atoms with Crippen molar-refractivity contribution in [1.82, 2.24) is 4.90 Å². The van der Waals surface area contributed by atoms with E-state index in [1.54, 1.807) is 0 Å². The summed E-state index contributed by atoms with van der Waals surface area (Å²) in [5.41, 5.74) is 0. The van der Waals surface area contributed by atoms with Gasteiger partial charge in [0, 0.05) is 13.1 Å². The molecule has 9 heteroatoms. The second-order valence-electron chi connectivity index (χ2n) is 2.86. The summed E-state index contributed by atoms with van der Waals surface area (Å²) in [5.74, 6) is -2.05. The number of carbonyl (C=O) groups is 1. The van der Waals surface area contributed by atoms with Crippen LogP contribution in [-0.4, -0.2) is 50.8 Å². The van der Waals surface area contributed by atoms with Gasteiger partial charge in [-0.2, -0.15) is 17.2 Å². The average molecular weight is 247 g/mol. The molecule has 15 heavy (non-hydrogen) atoms. The fourth-order valence-electron chi connectivity index (χ4n) is 1.05. The smallest absolute Gasteiger partial charge is 0.378 e. The Bertz CT molecular complexity index is 349. The Balaban J connectivity index is 2.83. The second kappa shape index (κ2) is 3.97. The zero-order chi connectivity index (χ0) is 11.7. The molecule has 0 radical (unpaired) electrons. The summed E-state index contributed by atoms with van der Waals surface area (Å²) in [4.78, 5) is 11.5. The van der Waals surface area contributed by atoms with E-state index in [1.807, 2.05) is 0 Å². The zero-order valence-electron chi connectivity index (χ0n) is 7.45. The average Bonchev–Trinajstić information content (AvgIpc) is 2.16. The fourth-order valence-corrected chi connectivity index (χ4v) is 1.39. The molecule has 1 saturated heterocycles. The number of ether oxygens (including phenoxy) is 1. The minimum absolute atomic E-state index is 0.0220. The first kappa shape index (κ1) is 12.2. The number of hydrogen-bond donors (Lipinski definition) is 0. The van der Waals surface area contributed by atoms with E-state index in [1.165, 1.54) is 0 Å². The highest BCUT2D eigenvalue weighted by molar-refractivity contribution is 7.88. The maximum Gasteiger partial charge on any atom is 0.451 e. The highest BCUT2D eigenvalue weighted by Gasteiger charge is 2.55. The van der Waals surface area contributed by atoms with E-state index < -0.39 is 21.4 Å². The zero-order valence-corrected chi connectivity index (χ0v) is 8.27. The van der Waals surface area contributed by atoms with Crippen LogP contribution in [0.2, 0.25) is 0 Å². The number of nitrogens with zero attached hydrogens (tertiary/aromatic N) is 1. The molecule has 5 nitrogen and oxygen atoms in total. The maximum atomic E-state index is 12.7. The molecular weight excluding hydrogens is 239 g/mol. The van der Waals surface area contributed by atoms with E-state index in [4.69, 9.17) is 4.74 Å². The van der Waals surface area contributed by atoms with Crippen LogP contribution in [0.15, 0.2) is 0 Å². The molecule has 1 fully saturated rings. The summed E-state index contributed by atoms with van der Waals surface area (Å²) in [6.45, 7) is -0.309. The minimum Gasteiger partial charge on any atom is -0.378 e. The molecular formula is C6H8F3NO4S. The van der Waals surface area contributed by atoms with E-state index in [9.17, 15) is 25.9 Å². The highest BCUT2D eigenvalue weighted by atomic mass is 32.3. The Hall–Kier alpha value is -0.830. The van der Waals surface area contributed by atoms with Crippen LogP contribution in [0.4, 0.5) is 12.7 Å². The van der Waals surface area contributed by atoms with Crippen molar-refractivity contribution >= 4 is 16.1 Å². The summed E-state index contributed by atoms with van der Waals surface area (Å²) in [7, 11) is -6.22. The third-order valence-corrected chi connectivity index (χ3v) is 2.64. The number of halogens is 3. The van der Waals surface area contributed by atoms with Gasteiger partial charge in [-0.3, -0.25) is 4.79 Å². The number of amides is 1. The number of alkyl halides is 2. The lowest BCUT2D eigenvalue weighted by molar-refractivity contribution is -0.151. The van der Waals surface area contributed by atoms with Gasteiger partial charge >= 0.3 is 21.4 Å². The number of hydrogen-bond acceptors (Lipinski definition) is 4. The van der Waals surface area contributed by atoms with Gasteiger partial charge in [0.15, 0.2) is 0 Å². The first-order valence-corrected chi connectivity index (χ1v) is 5.34. The molecule has 0 aliphatic carbocycles. The molecule has 1 aliphatic rings. The predicted octanol–water partition coefficient (Wildman–Crippen LogP) is -0.263. The van der Waals surface area contributed by atoms with Gasteiger partial charge < -0.3 is 9.64 Å². The summed E-state index contributed by atoms with van der Waals surface area (Å²) in [5, 5.41) is -5.01. The number of morpholine rings is 1. The van der Waals surface area contributed by atoms with Crippen molar-refractivity contribution in [3.63, 3.8) is 0 Å². The minimum atomic E-state index is -6.22. The molecule has 0 aromatic heterocycles. The standard InChI is InChI=1S/C6H8F3NO4S/c7-6(8,15(9,12)13)5(11)10-1-3-14-4-2-10/h1-4H2. The lowest BCUT2D eigenvalue weighted by atomic mass is 10.4. The molecule has 1 rings (SSSR count). The quantitative estimate of drug-likeness (QED) is 0.630. The van der Waals surface area contributed by atoms with Crippen molar-refractivity contribution in [2.45, 2.75) is 5.25 Å². The normalized spacial score (nSPS) is 19.0. The summed E-state index contributed by atoms with van der Waals surface area (Å²) < 4.78 is 62.4. The van der Waals surface area contributed by atoms with Gasteiger partial charge in [-0.05, 0) is 0 Å². The van der Waals surface area contributed by atoms with Crippen molar-refractivity contribution in [3.8, 4) is 0 Å². The Kier molecular flexibility index (Phi) is 3.24. The van der Waals surface area contributed by atoms with Crippen LogP contribution in [0.5, 0.6) is 0 Å². The number of carbonyl (C=O) groups excluding carboxylic acids is 1. The van der Waals surface area contributed by atoms with E-state index in [0.717, 1.165) is 0 Å². The lowest BCUT2D eigenvalue weighted by Crippen LogP contribution is -2.50. The first-order valence-electron chi connectivity index (χ1n) is 3.96. The molecule has 0 spiro atoms. The van der Waals surface area contributed by atoms with E-state index in [-0.39, 0.29) is 26.3 Å². The summed E-state index contributed by atoms with van der Waals surface area (Å²) in [6.07, 6.45) is 0. The Morgan fingerprint density at radius 1 is 1.27 bits per heavy atom. The molecule has 0 unspecified atom stereocenters. The molecule has 1 aliphatic heterocycles. The van der Waals surface area contributed by atoms with Gasteiger partial charge in [0.2, 0.25) is 0 Å². The first-order chi connectivity index (χ1) is 6.77. The van der Waals surface area contributed by atoms with Crippen LogP contribution >= 0.6 is 0 Å². The third-order valence-electron chi connectivity index (χ3n) is 1.85. The van der Waals surface area contributed by atoms with Gasteiger partial charge in [-0.25, -0.2) is 0 Å². The van der Waals surface area contributed by atoms with Crippen LogP contribution in [0.25, 0.3) is 0 Å². The molecule has 1 amide bonds. The highest BCUT2D eigenvalue weighted by Crippen LogP contribution is 2.26. The van der Waals surface area contributed by atoms with E-state index in [0.29, 0.717) is 4.90 Å².